The van der Waals surface area contributed by atoms with Gasteiger partial charge in [0, 0.05) is 29.6 Å². The number of halogens is 2. The van der Waals surface area contributed by atoms with Gasteiger partial charge in [-0.25, -0.2) is 9.37 Å². The van der Waals surface area contributed by atoms with Crippen LogP contribution in [0.2, 0.25) is 5.02 Å². The van der Waals surface area contributed by atoms with Crippen LogP contribution in [0.3, 0.4) is 0 Å². The molecule has 0 spiro atoms. The highest BCUT2D eigenvalue weighted by Crippen LogP contribution is 2.29. The molecular weight excluding hydrogens is 387 g/mol. The Bertz CT molecular complexity index is 1000. The van der Waals surface area contributed by atoms with Crippen LogP contribution in [0.25, 0.3) is 10.6 Å². The van der Waals surface area contributed by atoms with E-state index in [4.69, 9.17) is 16.3 Å². The van der Waals surface area contributed by atoms with Crippen LogP contribution in [-0.4, -0.2) is 29.4 Å². The van der Waals surface area contributed by atoms with Crippen molar-refractivity contribution in [3.8, 4) is 16.3 Å². The molecule has 1 aliphatic rings. The van der Waals surface area contributed by atoms with Crippen molar-refractivity contribution < 1.29 is 13.9 Å². The summed E-state index contributed by atoms with van der Waals surface area (Å²) in [5, 5.41) is 2.58. The van der Waals surface area contributed by atoms with Crippen LogP contribution < -0.4 is 4.74 Å². The second-order valence-corrected chi connectivity index (χ2v) is 7.51. The third kappa shape index (κ3) is 3.42. The van der Waals surface area contributed by atoms with Gasteiger partial charge in [0.1, 0.15) is 22.3 Å². The molecule has 0 fully saturated rings. The fourth-order valence-electron chi connectivity index (χ4n) is 3.14. The monoisotopic (exact) mass is 402 g/mol. The Morgan fingerprint density at radius 3 is 2.78 bits per heavy atom. The molecule has 27 heavy (non-hydrogen) atoms. The number of methoxy groups -OCH3 is 1. The molecule has 0 atom stereocenters. The van der Waals surface area contributed by atoms with E-state index in [1.165, 1.54) is 11.3 Å². The first kappa shape index (κ1) is 17.9. The van der Waals surface area contributed by atoms with Gasteiger partial charge in [-0.05, 0) is 42.3 Å². The van der Waals surface area contributed by atoms with Crippen LogP contribution in [0.15, 0.2) is 41.8 Å². The van der Waals surface area contributed by atoms with E-state index in [1.54, 1.807) is 23.5 Å². The SMILES string of the molecule is COc1ccc(-c2nc(C(=O)N3CCc4ccc(Cl)c(F)c4C3)cs2)cc1. The second-order valence-electron chi connectivity index (χ2n) is 6.24. The number of amides is 1. The molecule has 0 unspecified atom stereocenters. The smallest absolute Gasteiger partial charge is 0.273 e. The zero-order chi connectivity index (χ0) is 19.0. The Kier molecular flexibility index (Phi) is 4.85. The number of benzene rings is 2. The van der Waals surface area contributed by atoms with E-state index in [0.29, 0.717) is 24.2 Å². The number of carbonyl (C=O) groups excluding carboxylic acids is 1. The molecule has 138 valence electrons. The molecule has 0 saturated carbocycles. The van der Waals surface area contributed by atoms with E-state index < -0.39 is 5.82 Å². The fourth-order valence-corrected chi connectivity index (χ4v) is 4.11. The van der Waals surface area contributed by atoms with Gasteiger partial charge in [0.05, 0.1) is 12.1 Å². The Morgan fingerprint density at radius 2 is 2.04 bits per heavy atom. The van der Waals surface area contributed by atoms with Gasteiger partial charge in [0.25, 0.3) is 5.91 Å². The Balaban J connectivity index is 1.55. The highest BCUT2D eigenvalue weighted by atomic mass is 35.5. The third-order valence-electron chi connectivity index (χ3n) is 4.64. The Labute approximate surface area is 165 Å². The van der Waals surface area contributed by atoms with E-state index in [2.05, 4.69) is 4.98 Å². The number of ether oxygens (including phenoxy) is 1. The van der Waals surface area contributed by atoms with Gasteiger partial charge in [0.2, 0.25) is 0 Å². The molecule has 1 amide bonds. The number of carbonyl (C=O) groups is 1. The predicted octanol–water partition coefficient (Wildman–Crippen LogP) is 4.81. The minimum Gasteiger partial charge on any atom is -0.497 e. The van der Waals surface area contributed by atoms with Crippen LogP contribution in [-0.2, 0) is 13.0 Å². The largest absolute Gasteiger partial charge is 0.497 e. The highest BCUT2D eigenvalue weighted by molar-refractivity contribution is 7.13. The van der Waals surface area contributed by atoms with E-state index in [9.17, 15) is 9.18 Å². The van der Waals surface area contributed by atoms with Crippen LogP contribution in [0.4, 0.5) is 4.39 Å². The van der Waals surface area contributed by atoms with Crippen molar-refractivity contribution >= 4 is 28.8 Å². The van der Waals surface area contributed by atoms with E-state index in [1.807, 2.05) is 30.3 Å². The number of nitrogens with zero attached hydrogens (tertiary/aromatic N) is 2. The molecular formula is C20H16ClFN2O2S. The zero-order valence-electron chi connectivity index (χ0n) is 14.5. The van der Waals surface area contributed by atoms with Crippen LogP contribution in [0, 0.1) is 5.82 Å². The molecule has 1 aliphatic heterocycles. The van der Waals surface area contributed by atoms with Crippen molar-refractivity contribution in [1.82, 2.24) is 9.88 Å². The van der Waals surface area contributed by atoms with E-state index in [0.717, 1.165) is 21.9 Å². The molecule has 0 radical (unpaired) electrons. The van der Waals surface area contributed by atoms with Crippen molar-refractivity contribution in [2.24, 2.45) is 0 Å². The lowest BCUT2D eigenvalue weighted by Crippen LogP contribution is -2.36. The molecule has 2 aromatic carbocycles. The molecule has 0 N–H and O–H groups in total. The maximum atomic E-state index is 14.3. The van der Waals surface area contributed by atoms with Gasteiger partial charge in [-0.2, -0.15) is 0 Å². The topological polar surface area (TPSA) is 42.4 Å². The summed E-state index contributed by atoms with van der Waals surface area (Å²) < 4.78 is 19.5. The third-order valence-corrected chi connectivity index (χ3v) is 5.82. The van der Waals surface area contributed by atoms with Gasteiger partial charge in [-0.3, -0.25) is 4.79 Å². The number of rotatable bonds is 3. The summed E-state index contributed by atoms with van der Waals surface area (Å²) >= 11 is 7.29. The van der Waals surface area contributed by atoms with Gasteiger partial charge in [-0.1, -0.05) is 17.7 Å². The summed E-state index contributed by atoms with van der Waals surface area (Å²) in [7, 11) is 1.61. The van der Waals surface area contributed by atoms with Crippen molar-refractivity contribution in [1.29, 1.82) is 0 Å². The second kappa shape index (κ2) is 7.29. The maximum absolute atomic E-state index is 14.3. The van der Waals surface area contributed by atoms with Crippen LogP contribution in [0.5, 0.6) is 5.75 Å². The van der Waals surface area contributed by atoms with Crippen molar-refractivity contribution in [2.45, 2.75) is 13.0 Å². The lowest BCUT2D eigenvalue weighted by atomic mass is 9.99. The maximum Gasteiger partial charge on any atom is 0.273 e. The molecule has 7 heteroatoms. The molecule has 4 nitrogen and oxygen atoms in total. The number of hydrogen-bond acceptors (Lipinski definition) is 4. The van der Waals surface area contributed by atoms with Gasteiger partial charge < -0.3 is 9.64 Å². The van der Waals surface area contributed by atoms with Crippen molar-refractivity contribution in [3.05, 3.63) is 69.4 Å². The minimum atomic E-state index is -0.441. The predicted molar refractivity (Wildman–Crippen MR) is 104 cm³/mol. The summed E-state index contributed by atoms with van der Waals surface area (Å²) in [6, 6.07) is 10.9. The van der Waals surface area contributed by atoms with Crippen LogP contribution in [0.1, 0.15) is 21.6 Å². The average Bonchev–Trinajstić information content (AvgIpc) is 3.20. The lowest BCUT2D eigenvalue weighted by Gasteiger charge is -2.28. The van der Waals surface area contributed by atoms with Crippen LogP contribution >= 0.6 is 22.9 Å². The van der Waals surface area contributed by atoms with Gasteiger partial charge >= 0.3 is 0 Å². The Hall–Kier alpha value is -2.44. The Morgan fingerprint density at radius 1 is 1.26 bits per heavy atom. The first-order valence-electron chi connectivity index (χ1n) is 8.42. The summed E-state index contributed by atoms with van der Waals surface area (Å²) in [5.74, 6) is 0.124. The average molecular weight is 403 g/mol. The standard InChI is InChI=1S/C20H16ClFN2O2S/c1-26-14-5-2-13(3-6-14)19-23-17(11-27-19)20(25)24-9-8-12-4-7-16(21)18(22)15(12)10-24/h2-7,11H,8-10H2,1H3. The summed E-state index contributed by atoms with van der Waals surface area (Å²) in [6.07, 6.45) is 0.602. The number of hydrogen-bond donors (Lipinski definition) is 0. The van der Waals surface area contributed by atoms with E-state index >= 15 is 0 Å². The minimum absolute atomic E-state index is 0.0819. The van der Waals surface area contributed by atoms with Gasteiger partial charge in [0.15, 0.2) is 0 Å². The molecule has 4 rings (SSSR count). The quantitative estimate of drug-likeness (QED) is 0.631. The van der Waals surface area contributed by atoms with Gasteiger partial charge in [-0.15, -0.1) is 11.3 Å². The van der Waals surface area contributed by atoms with Crippen molar-refractivity contribution in [3.63, 3.8) is 0 Å². The zero-order valence-corrected chi connectivity index (χ0v) is 16.1. The number of aromatic nitrogens is 1. The lowest BCUT2D eigenvalue weighted by molar-refractivity contribution is 0.0727. The number of thiazole rings is 1. The van der Waals surface area contributed by atoms with Crippen molar-refractivity contribution in [2.75, 3.05) is 13.7 Å². The molecule has 0 saturated heterocycles. The summed E-state index contributed by atoms with van der Waals surface area (Å²) in [6.45, 7) is 0.734. The normalized spacial score (nSPS) is 13.4. The summed E-state index contributed by atoms with van der Waals surface area (Å²) in [5.41, 5.74) is 2.68. The molecule has 0 bridgehead atoms. The summed E-state index contributed by atoms with van der Waals surface area (Å²) in [4.78, 5) is 18.9. The first-order chi connectivity index (χ1) is 13.1. The number of fused-ring (bicyclic) bond motifs is 1. The van der Waals surface area contributed by atoms with E-state index in [-0.39, 0.29) is 17.5 Å². The molecule has 1 aromatic heterocycles. The molecule has 2 heterocycles. The highest BCUT2D eigenvalue weighted by Gasteiger charge is 2.26. The molecule has 0 aliphatic carbocycles. The molecule has 3 aromatic rings. The fraction of sp³-hybridized carbons (Fsp3) is 0.200. The first-order valence-corrected chi connectivity index (χ1v) is 9.67.